The van der Waals surface area contributed by atoms with Gasteiger partial charge in [-0.15, -0.1) is 24.0 Å². The van der Waals surface area contributed by atoms with Gasteiger partial charge in [-0.05, 0) is 19.4 Å². The van der Waals surface area contributed by atoms with E-state index in [4.69, 9.17) is 14.2 Å². The molecule has 2 aromatic rings. The summed E-state index contributed by atoms with van der Waals surface area (Å²) in [6, 6.07) is 5.68. The van der Waals surface area contributed by atoms with Gasteiger partial charge in [-0.25, -0.2) is 4.99 Å². The van der Waals surface area contributed by atoms with Crippen LogP contribution in [0.5, 0.6) is 17.2 Å². The smallest absolute Gasteiger partial charge is 0.191 e. The van der Waals surface area contributed by atoms with Crippen molar-refractivity contribution in [3.05, 3.63) is 35.7 Å². The van der Waals surface area contributed by atoms with Crippen LogP contribution in [0.4, 0.5) is 0 Å². The number of hydrogen-bond acceptors (Lipinski definition) is 5. The van der Waals surface area contributed by atoms with E-state index in [0.29, 0.717) is 25.3 Å². The molecule has 9 heteroatoms. The number of methoxy groups -OCH3 is 3. The van der Waals surface area contributed by atoms with Crippen molar-refractivity contribution in [2.24, 2.45) is 12.0 Å². The van der Waals surface area contributed by atoms with Crippen LogP contribution >= 0.6 is 24.0 Å². The zero-order valence-electron chi connectivity index (χ0n) is 17.1. The van der Waals surface area contributed by atoms with Crippen LogP contribution in [0, 0.1) is 0 Å². The summed E-state index contributed by atoms with van der Waals surface area (Å²) in [6.07, 6.45) is 2.49. The van der Waals surface area contributed by atoms with Crippen molar-refractivity contribution in [2.45, 2.75) is 19.9 Å². The van der Waals surface area contributed by atoms with Gasteiger partial charge in [0.1, 0.15) is 17.2 Å². The molecule has 0 radical (unpaired) electrons. The predicted octanol–water partition coefficient (Wildman–Crippen LogP) is 2.36. The number of rotatable bonds is 9. The van der Waals surface area contributed by atoms with E-state index in [-0.39, 0.29) is 24.0 Å². The maximum absolute atomic E-state index is 5.50. The lowest BCUT2D eigenvalue weighted by molar-refractivity contribution is 0.368. The Morgan fingerprint density at radius 1 is 1.11 bits per heavy atom. The van der Waals surface area contributed by atoms with Crippen molar-refractivity contribution in [1.29, 1.82) is 0 Å². The Morgan fingerprint density at radius 3 is 2.29 bits per heavy atom. The lowest BCUT2D eigenvalue weighted by Gasteiger charge is -2.16. The fraction of sp³-hybridized carbons (Fsp3) is 0.474. The van der Waals surface area contributed by atoms with Crippen LogP contribution < -0.4 is 24.8 Å². The summed E-state index contributed by atoms with van der Waals surface area (Å²) in [5.74, 6) is 2.94. The fourth-order valence-corrected chi connectivity index (χ4v) is 2.69. The zero-order valence-corrected chi connectivity index (χ0v) is 19.4. The molecule has 1 heterocycles. The van der Waals surface area contributed by atoms with Crippen LogP contribution in [-0.4, -0.2) is 50.2 Å². The molecule has 0 atom stereocenters. The molecule has 0 aliphatic heterocycles. The Balaban J connectivity index is 0.00000392. The SMILES string of the molecule is CCNC(=NCc1ccnn1C)NCCc1c(OC)cc(OC)cc1OC.I. The average Bonchev–Trinajstić information content (AvgIpc) is 3.10. The summed E-state index contributed by atoms with van der Waals surface area (Å²) in [6.45, 7) is 4.06. The van der Waals surface area contributed by atoms with E-state index in [0.717, 1.165) is 35.3 Å². The number of nitrogens with one attached hydrogen (secondary N) is 2. The summed E-state index contributed by atoms with van der Waals surface area (Å²) in [7, 11) is 6.82. The maximum Gasteiger partial charge on any atom is 0.191 e. The van der Waals surface area contributed by atoms with Gasteiger partial charge in [-0.1, -0.05) is 0 Å². The van der Waals surface area contributed by atoms with Crippen molar-refractivity contribution in [3.63, 3.8) is 0 Å². The zero-order chi connectivity index (χ0) is 19.6. The molecule has 0 spiro atoms. The van der Waals surface area contributed by atoms with Crippen molar-refractivity contribution >= 4 is 29.9 Å². The molecule has 8 nitrogen and oxygen atoms in total. The number of guanidine groups is 1. The van der Waals surface area contributed by atoms with E-state index in [2.05, 4.69) is 20.7 Å². The highest BCUT2D eigenvalue weighted by molar-refractivity contribution is 14.0. The van der Waals surface area contributed by atoms with Crippen LogP contribution in [0.2, 0.25) is 0 Å². The largest absolute Gasteiger partial charge is 0.496 e. The van der Waals surface area contributed by atoms with Crippen molar-refractivity contribution < 1.29 is 14.2 Å². The molecule has 28 heavy (non-hydrogen) atoms. The Labute approximate surface area is 183 Å². The van der Waals surface area contributed by atoms with E-state index in [1.807, 2.05) is 36.9 Å². The van der Waals surface area contributed by atoms with Crippen LogP contribution in [-0.2, 0) is 20.0 Å². The molecule has 1 aromatic carbocycles. The minimum Gasteiger partial charge on any atom is -0.496 e. The Kier molecular flexibility index (Phi) is 10.5. The van der Waals surface area contributed by atoms with Crippen LogP contribution in [0.15, 0.2) is 29.4 Å². The van der Waals surface area contributed by atoms with E-state index in [1.54, 1.807) is 27.5 Å². The van der Waals surface area contributed by atoms with Crippen LogP contribution in [0.1, 0.15) is 18.2 Å². The third kappa shape index (κ3) is 6.47. The predicted molar refractivity (Wildman–Crippen MR) is 121 cm³/mol. The summed E-state index contributed by atoms with van der Waals surface area (Å²) in [4.78, 5) is 4.61. The number of halogens is 1. The quantitative estimate of drug-likeness (QED) is 0.311. The molecular weight excluding hydrogens is 473 g/mol. The minimum atomic E-state index is 0. The number of benzene rings is 1. The Hall–Kier alpha value is -2.17. The number of hydrogen-bond donors (Lipinski definition) is 2. The van der Waals surface area contributed by atoms with Gasteiger partial charge >= 0.3 is 0 Å². The van der Waals surface area contributed by atoms with Crippen molar-refractivity contribution in [2.75, 3.05) is 34.4 Å². The third-order valence-corrected chi connectivity index (χ3v) is 4.15. The van der Waals surface area contributed by atoms with Crippen molar-refractivity contribution in [3.8, 4) is 17.2 Å². The molecule has 2 rings (SSSR count). The number of nitrogens with zero attached hydrogens (tertiary/aromatic N) is 3. The fourth-order valence-electron chi connectivity index (χ4n) is 2.69. The molecule has 156 valence electrons. The molecule has 0 aliphatic carbocycles. The molecule has 2 N–H and O–H groups in total. The first-order chi connectivity index (χ1) is 13.1. The van der Waals surface area contributed by atoms with E-state index >= 15 is 0 Å². The number of aryl methyl sites for hydroxylation is 1. The normalized spacial score (nSPS) is 10.8. The van der Waals surface area contributed by atoms with E-state index < -0.39 is 0 Å². The molecule has 1 aromatic heterocycles. The standard InChI is InChI=1S/C19H29N5O3.HI/c1-6-20-19(22-13-14-7-10-23-24(14)2)21-9-8-16-17(26-4)11-15(25-3)12-18(16)27-5;/h7,10-12H,6,8-9,13H2,1-5H3,(H2,20,21,22);1H. The lowest BCUT2D eigenvalue weighted by Crippen LogP contribution is -2.38. The molecule has 0 unspecified atom stereocenters. The van der Waals surface area contributed by atoms with Gasteiger partial charge in [-0.3, -0.25) is 4.68 Å². The number of aromatic nitrogens is 2. The highest BCUT2D eigenvalue weighted by Crippen LogP contribution is 2.34. The molecular formula is C19H30IN5O3. The second-order valence-corrected chi connectivity index (χ2v) is 5.83. The third-order valence-electron chi connectivity index (χ3n) is 4.15. The Bertz CT molecular complexity index is 739. The summed E-state index contributed by atoms with van der Waals surface area (Å²) in [5, 5.41) is 10.8. The second kappa shape index (κ2) is 12.3. The highest BCUT2D eigenvalue weighted by Gasteiger charge is 2.13. The van der Waals surface area contributed by atoms with Gasteiger partial charge in [0.2, 0.25) is 0 Å². The van der Waals surface area contributed by atoms with Gasteiger partial charge < -0.3 is 24.8 Å². The molecule has 0 bridgehead atoms. The Morgan fingerprint density at radius 2 is 1.79 bits per heavy atom. The number of aliphatic imine (C=N–C) groups is 1. The van der Waals surface area contributed by atoms with Crippen LogP contribution in [0.3, 0.4) is 0 Å². The average molecular weight is 503 g/mol. The molecule has 0 fully saturated rings. The van der Waals surface area contributed by atoms with Gasteiger partial charge in [-0.2, -0.15) is 5.10 Å². The van der Waals surface area contributed by atoms with Gasteiger partial charge in [0.05, 0.1) is 33.6 Å². The van der Waals surface area contributed by atoms with Crippen LogP contribution in [0.25, 0.3) is 0 Å². The molecule has 0 amide bonds. The van der Waals surface area contributed by atoms with Gasteiger partial charge in [0.15, 0.2) is 5.96 Å². The highest BCUT2D eigenvalue weighted by atomic mass is 127. The first-order valence-electron chi connectivity index (χ1n) is 8.90. The minimum absolute atomic E-state index is 0. The second-order valence-electron chi connectivity index (χ2n) is 5.83. The van der Waals surface area contributed by atoms with Crippen molar-refractivity contribution in [1.82, 2.24) is 20.4 Å². The summed E-state index contributed by atoms with van der Waals surface area (Å²) < 4.78 is 18.1. The lowest BCUT2D eigenvalue weighted by atomic mass is 10.1. The van der Waals surface area contributed by atoms with Gasteiger partial charge in [0.25, 0.3) is 0 Å². The monoisotopic (exact) mass is 503 g/mol. The topological polar surface area (TPSA) is 81.9 Å². The van der Waals surface area contributed by atoms with E-state index in [1.165, 1.54) is 0 Å². The first-order valence-corrected chi connectivity index (χ1v) is 8.90. The molecule has 0 saturated heterocycles. The van der Waals surface area contributed by atoms with E-state index in [9.17, 15) is 0 Å². The number of ether oxygens (including phenoxy) is 3. The summed E-state index contributed by atoms with van der Waals surface area (Å²) >= 11 is 0. The summed E-state index contributed by atoms with van der Waals surface area (Å²) in [5.41, 5.74) is 2.03. The first kappa shape index (κ1) is 23.9. The van der Waals surface area contributed by atoms with Gasteiger partial charge in [0, 0.05) is 44.0 Å². The maximum atomic E-state index is 5.50. The molecule has 0 saturated carbocycles. The molecule has 0 aliphatic rings.